The third-order valence-corrected chi connectivity index (χ3v) is 7.37. The van der Waals surface area contributed by atoms with E-state index < -0.39 is 15.8 Å². The zero-order valence-electron chi connectivity index (χ0n) is 18.0. The van der Waals surface area contributed by atoms with Crippen molar-refractivity contribution in [3.05, 3.63) is 59.9 Å². The molecule has 0 radical (unpaired) electrons. The molecule has 2 N–H and O–H groups in total. The summed E-state index contributed by atoms with van der Waals surface area (Å²) < 4.78 is 39.8. The van der Waals surface area contributed by atoms with E-state index in [4.69, 9.17) is 0 Å². The molecule has 172 valence electrons. The van der Waals surface area contributed by atoms with Crippen LogP contribution in [0.3, 0.4) is 0 Å². The summed E-state index contributed by atoms with van der Waals surface area (Å²) in [5.74, 6) is -0.886. The fraction of sp³-hybridized carbons (Fsp3) is 0.391. The van der Waals surface area contributed by atoms with Crippen molar-refractivity contribution >= 4 is 27.5 Å². The molecule has 0 spiro atoms. The molecule has 2 aromatic rings. The van der Waals surface area contributed by atoms with Gasteiger partial charge in [-0.25, -0.2) is 12.8 Å². The third-order valence-electron chi connectivity index (χ3n) is 5.46. The number of rotatable bonds is 8. The van der Waals surface area contributed by atoms with Crippen LogP contribution in [0.5, 0.6) is 0 Å². The van der Waals surface area contributed by atoms with Crippen LogP contribution in [-0.4, -0.2) is 37.6 Å². The Bertz CT molecular complexity index is 1030. The van der Waals surface area contributed by atoms with Crippen LogP contribution in [0.25, 0.3) is 0 Å². The second-order valence-corrected chi connectivity index (χ2v) is 9.78. The van der Waals surface area contributed by atoms with Crippen LogP contribution in [0.1, 0.15) is 38.2 Å². The molecule has 0 aliphatic carbocycles. The van der Waals surface area contributed by atoms with Gasteiger partial charge >= 0.3 is 0 Å². The molecule has 1 aliphatic rings. The Labute approximate surface area is 188 Å². The highest BCUT2D eigenvalue weighted by Crippen LogP contribution is 2.24. The Morgan fingerprint density at radius 1 is 1.03 bits per heavy atom. The normalized spacial score (nSPS) is 15.3. The number of hydrogen-bond acceptors (Lipinski definition) is 4. The number of sulfonamides is 1. The SMILES string of the molecule is CCCC(=O)Nc1ccc(CNC(=O)C2CCN(S(=O)(=O)c3ccc(F)cc3)CC2)cc1. The fourth-order valence-electron chi connectivity index (χ4n) is 3.60. The van der Waals surface area contributed by atoms with Gasteiger partial charge in [-0.1, -0.05) is 19.1 Å². The molecule has 1 fully saturated rings. The Morgan fingerprint density at radius 2 is 1.66 bits per heavy atom. The first-order valence-corrected chi connectivity index (χ1v) is 12.2. The second-order valence-electron chi connectivity index (χ2n) is 7.85. The number of hydrogen-bond donors (Lipinski definition) is 2. The lowest BCUT2D eigenvalue weighted by molar-refractivity contribution is -0.126. The first-order chi connectivity index (χ1) is 15.3. The van der Waals surface area contributed by atoms with Gasteiger partial charge < -0.3 is 10.6 Å². The first-order valence-electron chi connectivity index (χ1n) is 10.7. The van der Waals surface area contributed by atoms with E-state index >= 15 is 0 Å². The summed E-state index contributed by atoms with van der Waals surface area (Å²) in [5, 5.41) is 5.72. The van der Waals surface area contributed by atoms with Crippen LogP contribution in [0.2, 0.25) is 0 Å². The molecular weight excluding hydrogens is 433 g/mol. The smallest absolute Gasteiger partial charge is 0.243 e. The monoisotopic (exact) mass is 461 g/mol. The molecule has 0 atom stereocenters. The van der Waals surface area contributed by atoms with E-state index in [1.807, 2.05) is 19.1 Å². The zero-order valence-corrected chi connectivity index (χ0v) is 18.8. The number of nitrogens with zero attached hydrogens (tertiary/aromatic N) is 1. The van der Waals surface area contributed by atoms with Crippen LogP contribution >= 0.6 is 0 Å². The summed E-state index contributed by atoms with van der Waals surface area (Å²) in [6, 6.07) is 12.0. The maximum Gasteiger partial charge on any atom is 0.243 e. The minimum Gasteiger partial charge on any atom is -0.352 e. The number of carbonyl (C=O) groups excluding carboxylic acids is 2. The summed E-state index contributed by atoms with van der Waals surface area (Å²) in [6.45, 7) is 2.78. The number of amides is 2. The van der Waals surface area contributed by atoms with Crippen molar-refractivity contribution in [2.45, 2.75) is 44.0 Å². The van der Waals surface area contributed by atoms with Gasteiger partial charge in [0.05, 0.1) is 4.90 Å². The van der Waals surface area contributed by atoms with Crippen LogP contribution in [-0.2, 0) is 26.2 Å². The fourth-order valence-corrected chi connectivity index (χ4v) is 5.07. The molecule has 0 unspecified atom stereocenters. The molecule has 32 heavy (non-hydrogen) atoms. The minimum absolute atomic E-state index is 0.0265. The summed E-state index contributed by atoms with van der Waals surface area (Å²) in [5.41, 5.74) is 1.62. The third kappa shape index (κ3) is 6.14. The van der Waals surface area contributed by atoms with Gasteiger partial charge in [-0.15, -0.1) is 0 Å². The van der Waals surface area contributed by atoms with Crippen molar-refractivity contribution in [1.82, 2.24) is 9.62 Å². The number of benzene rings is 2. The molecule has 1 heterocycles. The Morgan fingerprint density at radius 3 is 2.25 bits per heavy atom. The molecule has 3 rings (SSSR count). The van der Waals surface area contributed by atoms with E-state index in [0.29, 0.717) is 31.5 Å². The van der Waals surface area contributed by atoms with Crippen LogP contribution in [0, 0.1) is 11.7 Å². The molecule has 2 aromatic carbocycles. The maximum absolute atomic E-state index is 13.1. The predicted molar refractivity (Wildman–Crippen MR) is 120 cm³/mol. The Kier molecular flexibility index (Phi) is 7.98. The molecule has 0 aromatic heterocycles. The predicted octanol–water partition coefficient (Wildman–Crippen LogP) is 3.28. The number of nitrogens with one attached hydrogen (secondary N) is 2. The van der Waals surface area contributed by atoms with Crippen LogP contribution in [0.15, 0.2) is 53.4 Å². The van der Waals surface area contributed by atoms with Gasteiger partial charge in [0.25, 0.3) is 0 Å². The lowest BCUT2D eigenvalue weighted by Gasteiger charge is -2.30. The summed E-state index contributed by atoms with van der Waals surface area (Å²) in [6.07, 6.45) is 2.11. The number of halogens is 1. The Hall–Kier alpha value is -2.78. The zero-order chi connectivity index (χ0) is 23.1. The molecule has 9 heteroatoms. The van der Waals surface area contributed by atoms with E-state index in [2.05, 4.69) is 10.6 Å². The van der Waals surface area contributed by atoms with Gasteiger partial charge in [0.2, 0.25) is 21.8 Å². The standard InChI is InChI=1S/C23H28FN3O4S/c1-2-3-22(28)26-20-8-4-17(5-9-20)16-25-23(29)18-12-14-27(15-13-18)32(30,31)21-10-6-19(24)7-11-21/h4-11,18H,2-3,12-16H2,1H3,(H,25,29)(H,26,28). The molecule has 2 amide bonds. The van der Waals surface area contributed by atoms with Gasteiger partial charge in [0.15, 0.2) is 0 Å². The van der Waals surface area contributed by atoms with Crippen LogP contribution in [0.4, 0.5) is 10.1 Å². The minimum atomic E-state index is -3.69. The lowest BCUT2D eigenvalue weighted by Crippen LogP contribution is -2.42. The topological polar surface area (TPSA) is 95.6 Å². The van der Waals surface area contributed by atoms with E-state index in [1.165, 1.54) is 16.4 Å². The summed E-state index contributed by atoms with van der Waals surface area (Å²) in [4.78, 5) is 24.2. The van der Waals surface area contributed by atoms with Crippen LogP contribution < -0.4 is 10.6 Å². The van der Waals surface area contributed by atoms with Gasteiger partial charge in [-0.05, 0) is 61.2 Å². The largest absolute Gasteiger partial charge is 0.352 e. The first kappa shape index (κ1) is 23.9. The number of carbonyl (C=O) groups is 2. The molecule has 1 aliphatic heterocycles. The number of piperidine rings is 1. The molecular formula is C23H28FN3O4S. The van der Waals surface area contributed by atoms with Crippen molar-refractivity contribution in [3.63, 3.8) is 0 Å². The van der Waals surface area contributed by atoms with Gasteiger partial charge in [-0.3, -0.25) is 9.59 Å². The molecule has 0 bridgehead atoms. The van der Waals surface area contributed by atoms with Gasteiger partial charge in [0, 0.05) is 37.7 Å². The molecule has 1 saturated heterocycles. The highest BCUT2D eigenvalue weighted by atomic mass is 32.2. The quantitative estimate of drug-likeness (QED) is 0.631. The average Bonchev–Trinajstić information content (AvgIpc) is 2.79. The van der Waals surface area contributed by atoms with E-state index in [9.17, 15) is 22.4 Å². The van der Waals surface area contributed by atoms with Gasteiger partial charge in [0.1, 0.15) is 5.82 Å². The van der Waals surface area contributed by atoms with Crippen molar-refractivity contribution in [2.24, 2.45) is 5.92 Å². The number of anilines is 1. The lowest BCUT2D eigenvalue weighted by atomic mass is 9.97. The van der Waals surface area contributed by atoms with E-state index in [1.54, 1.807) is 12.1 Å². The van der Waals surface area contributed by atoms with E-state index in [-0.39, 0.29) is 35.7 Å². The summed E-state index contributed by atoms with van der Waals surface area (Å²) in [7, 11) is -3.69. The highest BCUT2D eigenvalue weighted by Gasteiger charge is 2.32. The van der Waals surface area contributed by atoms with Gasteiger partial charge in [-0.2, -0.15) is 4.31 Å². The average molecular weight is 462 g/mol. The summed E-state index contributed by atoms with van der Waals surface area (Å²) >= 11 is 0. The second kappa shape index (κ2) is 10.7. The van der Waals surface area contributed by atoms with E-state index in [0.717, 1.165) is 24.1 Å². The Balaban J connectivity index is 1.47. The molecule has 0 saturated carbocycles. The van der Waals surface area contributed by atoms with Crippen molar-refractivity contribution in [1.29, 1.82) is 0 Å². The van der Waals surface area contributed by atoms with Crippen molar-refractivity contribution in [2.75, 3.05) is 18.4 Å². The maximum atomic E-state index is 13.1. The highest BCUT2D eigenvalue weighted by molar-refractivity contribution is 7.89. The molecule has 7 nitrogen and oxygen atoms in total. The van der Waals surface area contributed by atoms with Crippen molar-refractivity contribution in [3.8, 4) is 0 Å². The van der Waals surface area contributed by atoms with Crippen molar-refractivity contribution < 1.29 is 22.4 Å².